The SMILES string of the molecule is C[C@H]1C(=O)OCC2=CCN3CC[C@@H](OC(=O)[C@H](C)[C@@]1(C)O)[C@H]23. The van der Waals surface area contributed by atoms with Crippen molar-refractivity contribution in [2.75, 3.05) is 19.7 Å². The second-order valence-corrected chi connectivity index (χ2v) is 6.76. The van der Waals surface area contributed by atoms with Crippen LogP contribution in [0.2, 0.25) is 0 Å². The lowest BCUT2D eigenvalue weighted by molar-refractivity contribution is -0.171. The van der Waals surface area contributed by atoms with Gasteiger partial charge in [-0.3, -0.25) is 14.5 Å². The fourth-order valence-electron chi connectivity index (χ4n) is 3.51. The summed E-state index contributed by atoms with van der Waals surface area (Å²) in [4.78, 5) is 26.8. The van der Waals surface area contributed by atoms with Crippen molar-refractivity contribution in [3.05, 3.63) is 11.6 Å². The molecule has 3 aliphatic rings. The van der Waals surface area contributed by atoms with Crippen LogP contribution in [0.25, 0.3) is 0 Å². The molecule has 3 aliphatic heterocycles. The standard InChI is InChI=1S/C16H23NO5/c1-9-14(18)21-8-11-4-6-17-7-5-12(13(11)17)22-15(19)10(2)16(9,3)20/h4,9-10,12-13,20H,5-8H2,1-3H3/t9-,10-,12+,13-,16-/m0/s1. The molecule has 3 rings (SSSR count). The molecule has 2 fully saturated rings. The van der Waals surface area contributed by atoms with Crippen molar-refractivity contribution in [3.63, 3.8) is 0 Å². The Morgan fingerprint density at radius 3 is 2.68 bits per heavy atom. The molecule has 22 heavy (non-hydrogen) atoms. The first kappa shape index (κ1) is 15.5. The number of hydrogen-bond donors (Lipinski definition) is 1. The summed E-state index contributed by atoms with van der Waals surface area (Å²) in [5.41, 5.74) is -0.509. The molecule has 122 valence electrons. The Labute approximate surface area is 130 Å². The Morgan fingerprint density at radius 1 is 1.27 bits per heavy atom. The zero-order chi connectivity index (χ0) is 16.1. The van der Waals surface area contributed by atoms with E-state index in [-0.39, 0.29) is 18.8 Å². The van der Waals surface area contributed by atoms with Crippen LogP contribution in [0.5, 0.6) is 0 Å². The molecular formula is C16H23NO5. The van der Waals surface area contributed by atoms with Crippen molar-refractivity contribution in [3.8, 4) is 0 Å². The number of carbonyl (C=O) groups excluding carboxylic acids is 2. The molecule has 1 N–H and O–H groups in total. The number of cyclic esters (lactones) is 1. The zero-order valence-corrected chi connectivity index (χ0v) is 13.2. The van der Waals surface area contributed by atoms with Gasteiger partial charge in [0.1, 0.15) is 12.7 Å². The summed E-state index contributed by atoms with van der Waals surface area (Å²) in [5.74, 6) is -2.53. The number of nitrogens with zero attached hydrogens (tertiary/aromatic N) is 1. The number of ether oxygens (including phenoxy) is 2. The van der Waals surface area contributed by atoms with Gasteiger partial charge in [0.2, 0.25) is 0 Å². The maximum Gasteiger partial charge on any atom is 0.311 e. The second kappa shape index (κ2) is 5.35. The van der Waals surface area contributed by atoms with Crippen LogP contribution >= 0.6 is 0 Å². The monoisotopic (exact) mass is 309 g/mol. The fraction of sp³-hybridized carbons (Fsp3) is 0.750. The van der Waals surface area contributed by atoms with E-state index >= 15 is 0 Å². The third-order valence-electron chi connectivity index (χ3n) is 5.52. The molecule has 0 saturated carbocycles. The van der Waals surface area contributed by atoms with E-state index in [1.54, 1.807) is 13.8 Å². The smallest absolute Gasteiger partial charge is 0.311 e. The highest BCUT2D eigenvalue weighted by Crippen LogP contribution is 2.35. The van der Waals surface area contributed by atoms with Crippen molar-refractivity contribution in [2.45, 2.75) is 44.9 Å². The Kier molecular flexibility index (Phi) is 3.77. The lowest BCUT2D eigenvalue weighted by Crippen LogP contribution is -2.48. The highest BCUT2D eigenvalue weighted by Gasteiger charge is 2.48. The van der Waals surface area contributed by atoms with Crippen LogP contribution in [-0.2, 0) is 19.1 Å². The van der Waals surface area contributed by atoms with Crippen molar-refractivity contribution < 1.29 is 24.2 Å². The molecule has 2 saturated heterocycles. The van der Waals surface area contributed by atoms with Gasteiger partial charge < -0.3 is 14.6 Å². The third-order valence-corrected chi connectivity index (χ3v) is 5.52. The molecule has 0 aliphatic carbocycles. The number of esters is 2. The highest BCUT2D eigenvalue weighted by molar-refractivity contribution is 5.78. The van der Waals surface area contributed by atoms with E-state index < -0.39 is 29.4 Å². The molecular weight excluding hydrogens is 286 g/mol. The van der Waals surface area contributed by atoms with Crippen LogP contribution in [0.15, 0.2) is 11.6 Å². The lowest BCUT2D eigenvalue weighted by atomic mass is 9.80. The van der Waals surface area contributed by atoms with E-state index in [9.17, 15) is 14.7 Å². The van der Waals surface area contributed by atoms with Crippen molar-refractivity contribution in [1.82, 2.24) is 4.90 Å². The molecule has 0 unspecified atom stereocenters. The molecule has 0 spiro atoms. The van der Waals surface area contributed by atoms with Gasteiger partial charge in [0, 0.05) is 13.1 Å². The van der Waals surface area contributed by atoms with Crippen LogP contribution in [0.3, 0.4) is 0 Å². The third kappa shape index (κ3) is 2.34. The molecule has 0 aromatic rings. The number of rotatable bonds is 0. The minimum absolute atomic E-state index is 0.00213. The van der Waals surface area contributed by atoms with E-state index in [4.69, 9.17) is 9.47 Å². The Morgan fingerprint density at radius 2 is 1.95 bits per heavy atom. The van der Waals surface area contributed by atoms with E-state index in [0.29, 0.717) is 0 Å². The van der Waals surface area contributed by atoms with Crippen molar-refractivity contribution in [1.29, 1.82) is 0 Å². The maximum atomic E-state index is 12.4. The summed E-state index contributed by atoms with van der Waals surface area (Å²) in [7, 11) is 0. The topological polar surface area (TPSA) is 76.1 Å². The molecule has 3 heterocycles. The first-order chi connectivity index (χ1) is 10.3. The van der Waals surface area contributed by atoms with Crippen molar-refractivity contribution in [2.24, 2.45) is 11.8 Å². The van der Waals surface area contributed by atoms with Gasteiger partial charge in [-0.15, -0.1) is 0 Å². The van der Waals surface area contributed by atoms with Gasteiger partial charge in [0.05, 0.1) is 23.5 Å². The molecule has 5 atom stereocenters. The predicted molar refractivity (Wildman–Crippen MR) is 77.9 cm³/mol. The van der Waals surface area contributed by atoms with Gasteiger partial charge in [-0.1, -0.05) is 6.08 Å². The molecule has 0 bridgehead atoms. The normalized spacial score (nSPS) is 43.0. The zero-order valence-electron chi connectivity index (χ0n) is 13.2. The van der Waals surface area contributed by atoms with Gasteiger partial charge in [-0.2, -0.15) is 0 Å². The quantitative estimate of drug-likeness (QED) is 0.518. The summed E-state index contributed by atoms with van der Waals surface area (Å²) in [6.07, 6.45) is 2.58. The summed E-state index contributed by atoms with van der Waals surface area (Å²) in [6.45, 7) is 6.53. The predicted octanol–water partition coefficient (Wildman–Crippen LogP) is 0.492. The number of hydrogen-bond acceptors (Lipinski definition) is 6. The summed E-state index contributed by atoms with van der Waals surface area (Å²) >= 11 is 0. The summed E-state index contributed by atoms with van der Waals surface area (Å²) < 4.78 is 11.1. The van der Waals surface area contributed by atoms with E-state index in [2.05, 4.69) is 4.90 Å². The van der Waals surface area contributed by atoms with Gasteiger partial charge in [-0.25, -0.2) is 0 Å². The highest BCUT2D eigenvalue weighted by atomic mass is 16.6. The Hall–Kier alpha value is -1.40. The molecule has 0 amide bonds. The fourth-order valence-corrected chi connectivity index (χ4v) is 3.51. The number of aliphatic hydroxyl groups is 1. The van der Waals surface area contributed by atoms with Crippen molar-refractivity contribution >= 4 is 11.9 Å². The lowest BCUT2D eigenvalue weighted by Gasteiger charge is -2.33. The van der Waals surface area contributed by atoms with Crippen LogP contribution in [0.4, 0.5) is 0 Å². The Bertz CT molecular complexity index is 527. The molecule has 0 aromatic carbocycles. The van der Waals surface area contributed by atoms with E-state index in [1.165, 1.54) is 6.92 Å². The van der Waals surface area contributed by atoms with Crippen LogP contribution < -0.4 is 0 Å². The average molecular weight is 309 g/mol. The second-order valence-electron chi connectivity index (χ2n) is 6.76. The first-order valence-corrected chi connectivity index (χ1v) is 7.85. The first-order valence-electron chi connectivity index (χ1n) is 7.85. The summed E-state index contributed by atoms with van der Waals surface area (Å²) in [5, 5.41) is 10.6. The largest absolute Gasteiger partial charge is 0.461 e. The van der Waals surface area contributed by atoms with Gasteiger partial charge >= 0.3 is 11.9 Å². The molecule has 0 aromatic heterocycles. The molecule has 0 radical (unpaired) electrons. The van der Waals surface area contributed by atoms with Gasteiger partial charge in [0.25, 0.3) is 0 Å². The number of carbonyl (C=O) groups is 2. The average Bonchev–Trinajstić information content (AvgIpc) is 3.05. The van der Waals surface area contributed by atoms with Crippen LogP contribution in [0.1, 0.15) is 27.2 Å². The van der Waals surface area contributed by atoms with E-state index in [0.717, 1.165) is 25.1 Å². The van der Waals surface area contributed by atoms with E-state index in [1.807, 2.05) is 6.08 Å². The minimum atomic E-state index is -1.50. The Balaban J connectivity index is 1.92. The summed E-state index contributed by atoms with van der Waals surface area (Å²) in [6, 6.07) is 0.00213. The van der Waals surface area contributed by atoms with Gasteiger partial charge in [-0.05, 0) is 32.8 Å². The minimum Gasteiger partial charge on any atom is -0.461 e. The van der Waals surface area contributed by atoms with Crippen LogP contribution in [-0.4, -0.2) is 59.4 Å². The van der Waals surface area contributed by atoms with Crippen LogP contribution in [0, 0.1) is 11.8 Å². The maximum absolute atomic E-state index is 12.4. The molecule has 6 nitrogen and oxygen atoms in total. The van der Waals surface area contributed by atoms with Gasteiger partial charge in [0.15, 0.2) is 0 Å². The molecule has 6 heteroatoms.